The molecule has 1 fully saturated rings. The highest BCUT2D eigenvalue weighted by Gasteiger charge is 2.29. The summed E-state index contributed by atoms with van der Waals surface area (Å²) in [4.78, 5) is 0. The van der Waals surface area contributed by atoms with E-state index < -0.39 is 9.84 Å². The van der Waals surface area contributed by atoms with Crippen molar-refractivity contribution in [2.75, 3.05) is 11.6 Å². The minimum atomic E-state index is -3.01. The van der Waals surface area contributed by atoms with Crippen molar-refractivity contribution in [2.45, 2.75) is 37.0 Å². The number of hydrogen-bond acceptors (Lipinski definition) is 6. The van der Waals surface area contributed by atoms with Crippen LogP contribution in [0.4, 0.5) is 5.82 Å². The summed E-state index contributed by atoms with van der Waals surface area (Å²) >= 11 is 0. The van der Waals surface area contributed by atoms with Crippen LogP contribution in [-0.4, -0.2) is 45.8 Å². The van der Waals surface area contributed by atoms with E-state index in [1.807, 2.05) is 42.5 Å². The molecular weight excluding hydrogens is 350 g/mol. The summed E-state index contributed by atoms with van der Waals surface area (Å²) < 4.78 is 25.4. The molecule has 2 aromatic heterocycles. The van der Waals surface area contributed by atoms with E-state index in [0.717, 1.165) is 24.8 Å². The topological polar surface area (TPSA) is 89.2 Å². The Balaban J connectivity index is 1.60. The van der Waals surface area contributed by atoms with Crippen LogP contribution in [0.5, 0.6) is 0 Å². The monoisotopic (exact) mass is 371 g/mol. The number of nitrogens with zero attached hydrogens (tertiary/aromatic N) is 4. The molecule has 1 N–H and O–H groups in total. The maximum absolute atomic E-state index is 11.9. The molecule has 8 heteroatoms. The Morgan fingerprint density at radius 2 is 1.88 bits per heavy atom. The minimum absolute atomic E-state index is 0.102. The standard InChI is InChI=1S/C18H21N5O2S/c1-26(24,25)15-9-5-8-14(12-15)19-16-10-11-17-20-21-18(23(17)22-16)13-6-3-2-4-7-13/h2-4,6-7,10-11,14-15H,5,8-9,12H2,1H3,(H,19,22). The fourth-order valence-electron chi connectivity index (χ4n) is 3.51. The van der Waals surface area contributed by atoms with Crippen LogP contribution in [0.15, 0.2) is 42.5 Å². The molecule has 2 unspecified atom stereocenters. The highest BCUT2D eigenvalue weighted by atomic mass is 32.2. The van der Waals surface area contributed by atoms with Gasteiger partial charge in [-0.3, -0.25) is 0 Å². The van der Waals surface area contributed by atoms with E-state index in [4.69, 9.17) is 0 Å². The smallest absolute Gasteiger partial charge is 0.185 e. The molecule has 1 saturated carbocycles. The molecule has 4 rings (SSSR count). The first-order valence-corrected chi connectivity index (χ1v) is 10.7. The normalized spacial score (nSPS) is 21.0. The van der Waals surface area contributed by atoms with Crippen molar-refractivity contribution in [2.24, 2.45) is 0 Å². The molecule has 0 spiro atoms. The maximum atomic E-state index is 11.9. The van der Waals surface area contributed by atoms with Gasteiger partial charge in [0.25, 0.3) is 0 Å². The molecule has 0 aliphatic heterocycles. The molecule has 0 amide bonds. The molecule has 1 aliphatic rings. The zero-order valence-corrected chi connectivity index (χ0v) is 15.4. The third kappa shape index (κ3) is 3.41. The molecule has 136 valence electrons. The second-order valence-electron chi connectivity index (χ2n) is 6.84. The molecule has 26 heavy (non-hydrogen) atoms. The highest BCUT2D eigenvalue weighted by molar-refractivity contribution is 7.91. The van der Waals surface area contributed by atoms with Crippen LogP contribution < -0.4 is 5.32 Å². The van der Waals surface area contributed by atoms with Crippen LogP contribution in [0, 0.1) is 0 Å². The quantitative estimate of drug-likeness (QED) is 0.758. The van der Waals surface area contributed by atoms with Gasteiger partial charge in [-0.15, -0.1) is 15.3 Å². The Kier molecular flexibility index (Phi) is 4.36. The van der Waals surface area contributed by atoms with Gasteiger partial charge >= 0.3 is 0 Å². The van der Waals surface area contributed by atoms with Crippen LogP contribution in [-0.2, 0) is 9.84 Å². The fourth-order valence-corrected chi connectivity index (χ4v) is 4.68. The van der Waals surface area contributed by atoms with Crippen LogP contribution in [0.1, 0.15) is 25.7 Å². The van der Waals surface area contributed by atoms with Gasteiger partial charge in [0.05, 0.1) is 5.25 Å². The van der Waals surface area contributed by atoms with Gasteiger partial charge in [0.1, 0.15) is 15.7 Å². The summed E-state index contributed by atoms with van der Waals surface area (Å²) in [6.07, 6.45) is 4.53. The summed E-state index contributed by atoms with van der Waals surface area (Å²) in [5, 5.41) is 16.2. The van der Waals surface area contributed by atoms with Crippen LogP contribution >= 0.6 is 0 Å². The average Bonchev–Trinajstić information content (AvgIpc) is 3.05. The molecule has 0 saturated heterocycles. The van der Waals surface area contributed by atoms with Crippen molar-refractivity contribution in [3.8, 4) is 11.4 Å². The zero-order chi connectivity index (χ0) is 18.1. The van der Waals surface area contributed by atoms with E-state index in [9.17, 15) is 8.42 Å². The van der Waals surface area contributed by atoms with Crippen molar-refractivity contribution in [1.82, 2.24) is 19.8 Å². The number of nitrogens with one attached hydrogen (secondary N) is 1. The number of aromatic nitrogens is 4. The largest absolute Gasteiger partial charge is 0.366 e. The van der Waals surface area contributed by atoms with Gasteiger partial charge in [-0.25, -0.2) is 8.42 Å². The third-order valence-electron chi connectivity index (χ3n) is 4.88. The summed E-state index contributed by atoms with van der Waals surface area (Å²) in [7, 11) is -3.01. The summed E-state index contributed by atoms with van der Waals surface area (Å²) in [5.74, 6) is 1.38. The Labute approximate surface area is 152 Å². The zero-order valence-electron chi connectivity index (χ0n) is 14.5. The number of rotatable bonds is 4. The van der Waals surface area contributed by atoms with Crippen molar-refractivity contribution in [3.63, 3.8) is 0 Å². The molecule has 2 heterocycles. The lowest BCUT2D eigenvalue weighted by Gasteiger charge is -2.28. The van der Waals surface area contributed by atoms with Crippen LogP contribution in [0.2, 0.25) is 0 Å². The number of sulfone groups is 1. The minimum Gasteiger partial charge on any atom is -0.366 e. The first-order chi connectivity index (χ1) is 12.5. The number of benzene rings is 1. The molecule has 2 atom stereocenters. The number of hydrogen-bond donors (Lipinski definition) is 1. The lowest BCUT2D eigenvalue weighted by Crippen LogP contribution is -2.34. The van der Waals surface area contributed by atoms with Crippen molar-refractivity contribution >= 4 is 21.3 Å². The average molecular weight is 371 g/mol. The predicted octanol–water partition coefficient (Wildman–Crippen LogP) is 2.56. The van der Waals surface area contributed by atoms with Gasteiger partial charge in [-0.05, 0) is 31.4 Å². The molecule has 0 bridgehead atoms. The van der Waals surface area contributed by atoms with Gasteiger partial charge in [0.15, 0.2) is 11.5 Å². The Bertz CT molecular complexity index is 1020. The SMILES string of the molecule is CS(=O)(=O)C1CCCC(Nc2ccc3nnc(-c4ccccc4)n3n2)C1. The Hall–Kier alpha value is -2.48. The molecule has 7 nitrogen and oxygen atoms in total. The van der Waals surface area contributed by atoms with E-state index in [2.05, 4.69) is 20.6 Å². The van der Waals surface area contributed by atoms with E-state index in [0.29, 0.717) is 23.7 Å². The second kappa shape index (κ2) is 6.68. The summed E-state index contributed by atoms with van der Waals surface area (Å²) in [6.45, 7) is 0. The third-order valence-corrected chi connectivity index (χ3v) is 6.52. The van der Waals surface area contributed by atoms with Crippen LogP contribution in [0.3, 0.4) is 0 Å². The lowest BCUT2D eigenvalue weighted by atomic mass is 9.95. The lowest BCUT2D eigenvalue weighted by molar-refractivity contribution is 0.452. The van der Waals surface area contributed by atoms with E-state index >= 15 is 0 Å². The van der Waals surface area contributed by atoms with E-state index in [-0.39, 0.29) is 11.3 Å². The highest BCUT2D eigenvalue weighted by Crippen LogP contribution is 2.26. The number of anilines is 1. The Morgan fingerprint density at radius 3 is 2.65 bits per heavy atom. The van der Waals surface area contributed by atoms with Crippen molar-refractivity contribution < 1.29 is 8.42 Å². The van der Waals surface area contributed by atoms with Gasteiger partial charge in [-0.2, -0.15) is 4.52 Å². The maximum Gasteiger partial charge on any atom is 0.185 e. The summed E-state index contributed by atoms with van der Waals surface area (Å²) in [6, 6.07) is 13.6. The van der Waals surface area contributed by atoms with Gasteiger partial charge in [-0.1, -0.05) is 36.8 Å². The molecule has 1 aliphatic carbocycles. The van der Waals surface area contributed by atoms with Gasteiger partial charge in [0, 0.05) is 17.9 Å². The van der Waals surface area contributed by atoms with E-state index in [1.165, 1.54) is 6.26 Å². The van der Waals surface area contributed by atoms with E-state index in [1.54, 1.807) is 4.52 Å². The van der Waals surface area contributed by atoms with Crippen molar-refractivity contribution in [1.29, 1.82) is 0 Å². The first-order valence-electron chi connectivity index (χ1n) is 8.74. The first kappa shape index (κ1) is 17.0. The predicted molar refractivity (Wildman–Crippen MR) is 101 cm³/mol. The van der Waals surface area contributed by atoms with Gasteiger partial charge < -0.3 is 5.32 Å². The van der Waals surface area contributed by atoms with Crippen molar-refractivity contribution in [3.05, 3.63) is 42.5 Å². The van der Waals surface area contributed by atoms with Gasteiger partial charge in [0.2, 0.25) is 0 Å². The number of fused-ring (bicyclic) bond motifs is 1. The Morgan fingerprint density at radius 1 is 1.08 bits per heavy atom. The molecule has 1 aromatic carbocycles. The fraction of sp³-hybridized carbons (Fsp3) is 0.389. The molecular formula is C18H21N5O2S. The molecule has 3 aromatic rings. The second-order valence-corrected chi connectivity index (χ2v) is 9.16. The molecule has 0 radical (unpaired) electrons. The summed E-state index contributed by atoms with van der Waals surface area (Å²) in [5.41, 5.74) is 1.62. The van der Waals surface area contributed by atoms with Crippen LogP contribution in [0.25, 0.3) is 17.0 Å².